The predicted octanol–water partition coefficient (Wildman–Crippen LogP) is 5.59. The first kappa shape index (κ1) is 15.4. The summed E-state index contributed by atoms with van der Waals surface area (Å²) in [5, 5.41) is 5.34. The molecule has 1 amide bonds. The van der Waals surface area contributed by atoms with Crippen molar-refractivity contribution in [3.63, 3.8) is 0 Å². The first-order valence-corrected chi connectivity index (χ1v) is 8.87. The lowest BCUT2D eigenvalue weighted by molar-refractivity contribution is 0.102. The summed E-state index contributed by atoms with van der Waals surface area (Å²) < 4.78 is 1.78. The van der Waals surface area contributed by atoms with Gasteiger partial charge in [0.1, 0.15) is 0 Å². The van der Waals surface area contributed by atoms with Gasteiger partial charge in [0.05, 0.1) is 11.3 Å². The van der Waals surface area contributed by atoms with E-state index in [0.29, 0.717) is 10.7 Å². The highest BCUT2D eigenvalue weighted by molar-refractivity contribution is 9.10. The Labute approximate surface area is 148 Å². The standard InChI is InChI=1S/C16H10Br2N2OS/c17-11-7-5-10(6-8-11)14-9-22-16(19-14)20-15(21)12-3-1-2-4-13(12)18/h1-9H,(H,19,20,21). The molecule has 110 valence electrons. The van der Waals surface area contributed by atoms with Crippen molar-refractivity contribution in [2.75, 3.05) is 5.32 Å². The SMILES string of the molecule is O=C(Nc1nc(-c2ccc(Br)cc2)cs1)c1ccccc1Br. The largest absolute Gasteiger partial charge is 0.298 e. The number of aromatic nitrogens is 1. The van der Waals surface area contributed by atoms with Gasteiger partial charge in [-0.2, -0.15) is 0 Å². The molecular formula is C16H10Br2N2OS. The van der Waals surface area contributed by atoms with Crippen LogP contribution in [-0.2, 0) is 0 Å². The summed E-state index contributed by atoms with van der Waals surface area (Å²) in [6, 6.07) is 15.2. The zero-order valence-corrected chi connectivity index (χ0v) is 15.2. The van der Waals surface area contributed by atoms with Gasteiger partial charge in [0.15, 0.2) is 5.13 Å². The summed E-state index contributed by atoms with van der Waals surface area (Å²) in [4.78, 5) is 16.7. The summed E-state index contributed by atoms with van der Waals surface area (Å²) in [6.07, 6.45) is 0. The van der Waals surface area contributed by atoms with Crippen LogP contribution in [0.2, 0.25) is 0 Å². The molecule has 1 heterocycles. The van der Waals surface area contributed by atoms with Crippen LogP contribution in [0.1, 0.15) is 10.4 Å². The van der Waals surface area contributed by atoms with Crippen molar-refractivity contribution in [1.29, 1.82) is 0 Å². The van der Waals surface area contributed by atoms with Gasteiger partial charge in [-0.1, -0.05) is 40.2 Å². The summed E-state index contributed by atoms with van der Waals surface area (Å²) in [6.45, 7) is 0. The molecule has 6 heteroatoms. The lowest BCUT2D eigenvalue weighted by Gasteiger charge is -2.03. The van der Waals surface area contributed by atoms with Crippen LogP contribution in [0.15, 0.2) is 62.9 Å². The minimum absolute atomic E-state index is 0.177. The molecule has 0 saturated heterocycles. The monoisotopic (exact) mass is 436 g/mol. The van der Waals surface area contributed by atoms with E-state index in [1.165, 1.54) is 11.3 Å². The summed E-state index contributed by atoms with van der Waals surface area (Å²) in [5.74, 6) is -0.177. The van der Waals surface area contributed by atoms with Crippen LogP contribution in [0.3, 0.4) is 0 Å². The highest BCUT2D eigenvalue weighted by atomic mass is 79.9. The number of nitrogens with one attached hydrogen (secondary N) is 1. The van der Waals surface area contributed by atoms with Crippen molar-refractivity contribution < 1.29 is 4.79 Å². The molecule has 0 saturated carbocycles. The van der Waals surface area contributed by atoms with Crippen LogP contribution in [0.5, 0.6) is 0 Å². The number of amides is 1. The van der Waals surface area contributed by atoms with Gasteiger partial charge in [0.25, 0.3) is 5.91 Å². The van der Waals surface area contributed by atoms with Crippen molar-refractivity contribution in [2.45, 2.75) is 0 Å². The lowest BCUT2D eigenvalue weighted by atomic mass is 10.2. The number of anilines is 1. The third-order valence-corrected chi connectivity index (χ3v) is 4.96. The Bertz CT molecular complexity index is 815. The Balaban J connectivity index is 1.78. The number of rotatable bonds is 3. The fraction of sp³-hybridized carbons (Fsp3) is 0. The van der Waals surface area contributed by atoms with Crippen molar-refractivity contribution >= 4 is 54.2 Å². The van der Waals surface area contributed by atoms with Crippen LogP contribution >= 0.6 is 43.2 Å². The minimum atomic E-state index is -0.177. The average molecular weight is 438 g/mol. The van der Waals surface area contributed by atoms with Crippen LogP contribution in [0.4, 0.5) is 5.13 Å². The molecule has 0 aliphatic rings. The number of benzene rings is 2. The number of hydrogen-bond donors (Lipinski definition) is 1. The van der Waals surface area contributed by atoms with Gasteiger partial charge in [-0.05, 0) is 40.2 Å². The number of nitrogens with zero attached hydrogens (tertiary/aromatic N) is 1. The Morgan fingerprint density at radius 1 is 1.05 bits per heavy atom. The molecule has 0 fully saturated rings. The normalized spacial score (nSPS) is 10.5. The van der Waals surface area contributed by atoms with Crippen molar-refractivity contribution in [2.24, 2.45) is 0 Å². The maximum absolute atomic E-state index is 12.2. The lowest BCUT2D eigenvalue weighted by Crippen LogP contribution is -2.12. The molecule has 2 aromatic carbocycles. The third kappa shape index (κ3) is 3.45. The zero-order valence-electron chi connectivity index (χ0n) is 11.2. The van der Waals surface area contributed by atoms with E-state index in [4.69, 9.17) is 0 Å². The van der Waals surface area contributed by atoms with Gasteiger partial charge in [-0.15, -0.1) is 11.3 Å². The van der Waals surface area contributed by atoms with E-state index in [0.717, 1.165) is 20.2 Å². The Hall–Kier alpha value is -1.50. The number of carbonyl (C=O) groups excluding carboxylic acids is 1. The van der Waals surface area contributed by atoms with E-state index < -0.39 is 0 Å². The molecule has 0 bridgehead atoms. The van der Waals surface area contributed by atoms with Gasteiger partial charge in [-0.3, -0.25) is 10.1 Å². The van der Waals surface area contributed by atoms with E-state index in [1.807, 2.05) is 47.8 Å². The number of thiazole rings is 1. The molecular weight excluding hydrogens is 428 g/mol. The third-order valence-electron chi connectivity index (χ3n) is 2.98. The number of halogens is 2. The number of carbonyl (C=O) groups is 1. The second kappa shape index (κ2) is 6.73. The van der Waals surface area contributed by atoms with Gasteiger partial charge in [0, 0.05) is 19.9 Å². The zero-order chi connectivity index (χ0) is 15.5. The maximum atomic E-state index is 12.2. The van der Waals surface area contributed by atoms with Crippen LogP contribution in [0.25, 0.3) is 11.3 Å². The molecule has 0 radical (unpaired) electrons. The first-order chi connectivity index (χ1) is 10.6. The molecule has 0 atom stereocenters. The molecule has 0 aliphatic heterocycles. The smallest absolute Gasteiger partial charge is 0.258 e. The molecule has 3 rings (SSSR count). The topological polar surface area (TPSA) is 42.0 Å². The van der Waals surface area contributed by atoms with E-state index in [-0.39, 0.29) is 5.91 Å². The molecule has 22 heavy (non-hydrogen) atoms. The van der Waals surface area contributed by atoms with Crippen LogP contribution in [-0.4, -0.2) is 10.9 Å². The first-order valence-electron chi connectivity index (χ1n) is 6.41. The Morgan fingerprint density at radius 2 is 1.77 bits per heavy atom. The van der Waals surface area contributed by atoms with Crippen molar-refractivity contribution in [3.05, 3.63) is 68.4 Å². The van der Waals surface area contributed by atoms with E-state index in [9.17, 15) is 4.79 Å². The second-order valence-electron chi connectivity index (χ2n) is 4.48. The predicted molar refractivity (Wildman–Crippen MR) is 97.3 cm³/mol. The van der Waals surface area contributed by atoms with E-state index in [1.54, 1.807) is 6.07 Å². The van der Waals surface area contributed by atoms with Gasteiger partial charge >= 0.3 is 0 Å². The highest BCUT2D eigenvalue weighted by Crippen LogP contribution is 2.27. The second-order valence-corrected chi connectivity index (χ2v) is 7.11. The van der Waals surface area contributed by atoms with E-state index in [2.05, 4.69) is 42.2 Å². The molecule has 3 aromatic rings. The molecule has 3 nitrogen and oxygen atoms in total. The van der Waals surface area contributed by atoms with E-state index >= 15 is 0 Å². The summed E-state index contributed by atoms with van der Waals surface area (Å²) in [5.41, 5.74) is 2.45. The fourth-order valence-corrected chi connectivity index (χ4v) is 3.34. The summed E-state index contributed by atoms with van der Waals surface area (Å²) in [7, 11) is 0. The van der Waals surface area contributed by atoms with Crippen molar-refractivity contribution in [3.8, 4) is 11.3 Å². The van der Waals surface area contributed by atoms with Gasteiger partial charge in [0.2, 0.25) is 0 Å². The quantitative estimate of drug-likeness (QED) is 0.580. The molecule has 0 spiro atoms. The highest BCUT2D eigenvalue weighted by Gasteiger charge is 2.12. The Kier molecular flexibility index (Phi) is 4.71. The molecule has 1 N–H and O–H groups in total. The molecule has 1 aromatic heterocycles. The van der Waals surface area contributed by atoms with Gasteiger partial charge < -0.3 is 0 Å². The van der Waals surface area contributed by atoms with Gasteiger partial charge in [-0.25, -0.2) is 4.98 Å². The van der Waals surface area contributed by atoms with Crippen LogP contribution < -0.4 is 5.32 Å². The fourth-order valence-electron chi connectivity index (χ4n) is 1.89. The minimum Gasteiger partial charge on any atom is -0.298 e. The average Bonchev–Trinajstić information content (AvgIpc) is 2.97. The number of hydrogen-bond acceptors (Lipinski definition) is 3. The maximum Gasteiger partial charge on any atom is 0.258 e. The molecule has 0 aliphatic carbocycles. The van der Waals surface area contributed by atoms with Crippen molar-refractivity contribution in [1.82, 2.24) is 4.98 Å². The molecule has 0 unspecified atom stereocenters. The van der Waals surface area contributed by atoms with Crippen LogP contribution in [0, 0.1) is 0 Å². The Morgan fingerprint density at radius 3 is 2.50 bits per heavy atom. The summed E-state index contributed by atoms with van der Waals surface area (Å²) >= 11 is 8.19.